The third-order valence-electron chi connectivity index (χ3n) is 14.2. The molecule has 0 saturated heterocycles. The van der Waals surface area contributed by atoms with Gasteiger partial charge in [0.05, 0.1) is 22.1 Å². The number of nitrogens with zero attached hydrogens (tertiary/aromatic N) is 2. The highest BCUT2D eigenvalue weighted by molar-refractivity contribution is 7.01. The maximum absolute atomic E-state index is 2.52. The summed E-state index contributed by atoms with van der Waals surface area (Å²) in [7, 11) is 0. The lowest BCUT2D eigenvalue weighted by Gasteiger charge is -2.34. The van der Waals surface area contributed by atoms with Gasteiger partial charge in [-0.25, -0.2) is 0 Å². The minimum atomic E-state index is 0.0839. The van der Waals surface area contributed by atoms with E-state index in [-0.39, 0.29) is 17.5 Å². The Morgan fingerprint density at radius 2 is 0.754 bits per heavy atom. The highest BCUT2D eigenvalue weighted by Gasteiger charge is 2.39. The summed E-state index contributed by atoms with van der Waals surface area (Å²) in [5.74, 6) is 0. The molecule has 2 aliphatic rings. The average molecular weight is 781 g/mol. The van der Waals surface area contributed by atoms with Crippen LogP contribution in [0.3, 0.4) is 0 Å². The monoisotopic (exact) mass is 780 g/mol. The molecule has 0 bridgehead atoms. The molecule has 0 saturated carbocycles. The van der Waals surface area contributed by atoms with Gasteiger partial charge < -0.3 is 9.13 Å². The predicted octanol–water partition coefficient (Wildman–Crippen LogP) is 13.3. The third-order valence-corrected chi connectivity index (χ3v) is 14.2. The summed E-state index contributed by atoms with van der Waals surface area (Å²) in [6.07, 6.45) is 0. The first-order valence-electron chi connectivity index (χ1n) is 21.9. The third kappa shape index (κ3) is 4.64. The SMILES string of the molecule is CC(C)(C)c1ccc(-n2c3ccccc3c3cc4c5c(cccc5c32)B2c3c-4cccc3-c3cc4c5ccccc5n(-c5ccc(C(C)(C)C)cc5)c4c4cccc2c34)cc1. The van der Waals surface area contributed by atoms with Gasteiger partial charge in [0.2, 0.25) is 6.71 Å². The lowest BCUT2D eigenvalue weighted by Crippen LogP contribution is -2.57. The molecule has 9 aromatic carbocycles. The molecule has 3 heteroatoms. The van der Waals surface area contributed by atoms with Crippen LogP contribution in [0.15, 0.2) is 164 Å². The minimum Gasteiger partial charge on any atom is -0.309 e. The van der Waals surface area contributed by atoms with E-state index in [4.69, 9.17) is 0 Å². The first kappa shape index (κ1) is 35.0. The smallest absolute Gasteiger partial charge is 0.244 e. The van der Waals surface area contributed by atoms with Crippen LogP contribution in [0.1, 0.15) is 52.7 Å². The summed E-state index contributed by atoms with van der Waals surface area (Å²) in [4.78, 5) is 0. The molecular weight excluding hydrogens is 735 g/mol. The Hall–Kier alpha value is -6.84. The number of benzene rings is 9. The number of para-hydroxylation sites is 2. The number of aromatic nitrogens is 2. The van der Waals surface area contributed by atoms with Gasteiger partial charge in [0.1, 0.15) is 0 Å². The fraction of sp³-hybridized carbons (Fsp3) is 0.138. The molecule has 61 heavy (non-hydrogen) atoms. The predicted molar refractivity (Wildman–Crippen MR) is 263 cm³/mol. The van der Waals surface area contributed by atoms with Crippen LogP contribution in [-0.2, 0) is 10.8 Å². The normalized spacial score (nSPS) is 13.4. The van der Waals surface area contributed by atoms with Gasteiger partial charge in [0.25, 0.3) is 0 Å². The summed E-state index contributed by atoms with van der Waals surface area (Å²) in [6.45, 7) is 13.8. The molecule has 11 aromatic rings. The van der Waals surface area contributed by atoms with Crippen LogP contribution >= 0.6 is 0 Å². The fourth-order valence-electron chi connectivity index (χ4n) is 11.4. The highest BCUT2D eigenvalue weighted by Crippen LogP contribution is 2.47. The van der Waals surface area contributed by atoms with Crippen molar-refractivity contribution in [1.29, 1.82) is 0 Å². The van der Waals surface area contributed by atoms with Gasteiger partial charge in [-0.1, -0.05) is 173 Å². The molecule has 2 aromatic heterocycles. The maximum atomic E-state index is 2.52. The molecule has 2 aliphatic heterocycles. The quantitative estimate of drug-likeness (QED) is 0.155. The molecule has 0 radical (unpaired) electrons. The van der Waals surface area contributed by atoms with Crippen molar-refractivity contribution in [2.24, 2.45) is 0 Å². The topological polar surface area (TPSA) is 9.86 Å². The van der Waals surface area contributed by atoms with Gasteiger partial charge in [-0.15, -0.1) is 0 Å². The van der Waals surface area contributed by atoms with E-state index < -0.39 is 0 Å². The van der Waals surface area contributed by atoms with Crippen LogP contribution in [-0.4, -0.2) is 15.8 Å². The van der Waals surface area contributed by atoms with E-state index >= 15 is 0 Å². The van der Waals surface area contributed by atoms with Crippen molar-refractivity contribution in [3.63, 3.8) is 0 Å². The summed E-state index contributed by atoms with van der Waals surface area (Å²) >= 11 is 0. The van der Waals surface area contributed by atoms with E-state index in [2.05, 4.69) is 214 Å². The zero-order chi connectivity index (χ0) is 41.1. The maximum Gasteiger partial charge on any atom is 0.244 e. The molecule has 290 valence electrons. The van der Waals surface area contributed by atoms with Gasteiger partial charge in [0, 0.05) is 43.7 Å². The molecule has 13 rings (SSSR count). The Morgan fingerprint density at radius 3 is 1.18 bits per heavy atom. The standard InChI is InChI=1S/C58H45BN2/c1-57(2,3)34-24-28-36(29-25-34)60-50-22-9-7-14-38(50)46-32-44-40-16-11-17-41-45-33-47-39-15-8-10-23-51(39)61(37-30-26-35(27-31-37)58(4,5)6)56(47)43-19-13-21-49(53(43)45)59(54(40)41)48-20-12-18-42(52(44)48)55(46)60/h7-33H,1-6H3. The van der Waals surface area contributed by atoms with Crippen molar-refractivity contribution in [3.05, 3.63) is 175 Å². The van der Waals surface area contributed by atoms with E-state index in [0.717, 1.165) is 0 Å². The molecule has 0 fully saturated rings. The molecule has 0 spiro atoms. The number of fused-ring (bicyclic) bond motifs is 12. The molecule has 4 heterocycles. The fourth-order valence-corrected chi connectivity index (χ4v) is 11.4. The summed E-state index contributed by atoms with van der Waals surface area (Å²) in [5, 5.41) is 10.5. The largest absolute Gasteiger partial charge is 0.309 e. The van der Waals surface area contributed by atoms with Crippen LogP contribution in [0.4, 0.5) is 0 Å². The van der Waals surface area contributed by atoms with Crippen molar-refractivity contribution < 1.29 is 0 Å². The molecule has 2 nitrogen and oxygen atoms in total. The first-order valence-corrected chi connectivity index (χ1v) is 21.9. The second kappa shape index (κ2) is 11.9. The summed E-state index contributed by atoms with van der Waals surface area (Å²) < 4.78 is 5.04. The van der Waals surface area contributed by atoms with E-state index in [1.165, 1.54) is 126 Å². The van der Waals surface area contributed by atoms with Crippen molar-refractivity contribution in [1.82, 2.24) is 9.13 Å². The van der Waals surface area contributed by atoms with Crippen LogP contribution in [0.2, 0.25) is 0 Å². The van der Waals surface area contributed by atoms with Gasteiger partial charge in [-0.3, -0.25) is 0 Å². The first-order chi connectivity index (χ1) is 29.6. The Bertz CT molecular complexity index is 3450. The Labute approximate surface area is 356 Å². The van der Waals surface area contributed by atoms with Crippen molar-refractivity contribution >= 4 is 88.3 Å². The number of rotatable bonds is 2. The van der Waals surface area contributed by atoms with E-state index in [9.17, 15) is 0 Å². The lowest BCUT2D eigenvalue weighted by molar-refractivity contribution is 0.590. The number of hydrogen-bond donors (Lipinski definition) is 0. The van der Waals surface area contributed by atoms with Crippen LogP contribution in [0.5, 0.6) is 0 Å². The lowest BCUT2D eigenvalue weighted by atomic mass is 9.31. The average Bonchev–Trinajstić information content (AvgIpc) is 3.79. The van der Waals surface area contributed by atoms with Gasteiger partial charge in [0.15, 0.2) is 0 Å². The minimum absolute atomic E-state index is 0.0839. The molecule has 0 unspecified atom stereocenters. The second-order valence-electron chi connectivity index (χ2n) is 19.7. The molecule has 0 N–H and O–H groups in total. The van der Waals surface area contributed by atoms with E-state index in [1.54, 1.807) is 0 Å². The second-order valence-corrected chi connectivity index (χ2v) is 19.7. The van der Waals surface area contributed by atoms with Crippen molar-refractivity contribution in [3.8, 4) is 33.6 Å². The summed E-state index contributed by atoms with van der Waals surface area (Å²) in [6, 6.07) is 62.9. The molecule has 0 aliphatic carbocycles. The Morgan fingerprint density at radius 1 is 0.361 bits per heavy atom. The van der Waals surface area contributed by atoms with Gasteiger partial charge in [-0.05, 0) is 104 Å². The van der Waals surface area contributed by atoms with Gasteiger partial charge >= 0.3 is 0 Å². The van der Waals surface area contributed by atoms with Crippen molar-refractivity contribution in [2.75, 3.05) is 0 Å². The highest BCUT2D eigenvalue weighted by atomic mass is 15.0. The molecule has 0 amide bonds. The zero-order valence-corrected chi connectivity index (χ0v) is 35.6. The van der Waals surface area contributed by atoms with Crippen LogP contribution in [0, 0.1) is 0 Å². The Kier molecular flexibility index (Phi) is 6.83. The van der Waals surface area contributed by atoms with E-state index in [0.29, 0.717) is 0 Å². The van der Waals surface area contributed by atoms with Crippen molar-refractivity contribution in [2.45, 2.75) is 52.4 Å². The van der Waals surface area contributed by atoms with Gasteiger partial charge in [-0.2, -0.15) is 0 Å². The molecular formula is C58H45BN2. The number of hydrogen-bond acceptors (Lipinski definition) is 0. The molecule has 0 atom stereocenters. The van der Waals surface area contributed by atoms with Crippen LogP contribution in [0.25, 0.3) is 98.8 Å². The van der Waals surface area contributed by atoms with Crippen LogP contribution < -0.4 is 16.4 Å². The van der Waals surface area contributed by atoms with E-state index in [1.807, 2.05) is 0 Å². The zero-order valence-electron chi connectivity index (χ0n) is 35.6. The summed E-state index contributed by atoms with van der Waals surface area (Å²) in [5.41, 5.74) is 19.9. The Balaban J connectivity index is 1.12.